The Hall–Kier alpha value is -1.73. The van der Waals surface area contributed by atoms with E-state index in [0.717, 1.165) is 44.9 Å². The Bertz CT molecular complexity index is 1990. The second-order valence-electron chi connectivity index (χ2n) is 31.7. The van der Waals surface area contributed by atoms with Crippen LogP contribution in [0.4, 0.5) is 0 Å². The molecule has 17 atom stereocenters. The molecule has 12 N–H and O–H groups in total. The molecule has 3 aliphatic rings. The van der Waals surface area contributed by atoms with Crippen molar-refractivity contribution in [1.82, 2.24) is 5.32 Å². The number of hydrogen-bond acceptors (Lipinski definition) is 18. The van der Waals surface area contributed by atoms with Gasteiger partial charge in [-0.25, -0.2) is 0 Å². The third kappa shape index (κ3) is 46.1. The molecule has 0 bridgehead atoms. The van der Waals surface area contributed by atoms with Crippen molar-refractivity contribution < 1.29 is 89.4 Å². The van der Waals surface area contributed by atoms with Gasteiger partial charge in [-0.1, -0.05) is 359 Å². The van der Waals surface area contributed by atoms with Gasteiger partial charge >= 0.3 is 0 Å². The molecule has 17 unspecified atom stereocenters. The quantitative estimate of drug-likeness (QED) is 0.0199. The molecule has 3 rings (SSSR count). The van der Waals surface area contributed by atoms with Gasteiger partial charge < -0.3 is 89.9 Å². The van der Waals surface area contributed by atoms with E-state index in [0.29, 0.717) is 6.42 Å². The minimum Gasteiger partial charge on any atom is -0.394 e. The van der Waals surface area contributed by atoms with Crippen LogP contribution in [0, 0.1) is 0 Å². The number of allylic oxidation sites excluding steroid dienone is 3. The molecule has 0 aromatic heterocycles. The number of carbonyl (C=O) groups excluding carboxylic acids is 1. The maximum Gasteiger partial charge on any atom is 0.220 e. The number of hydrogen-bond donors (Lipinski definition) is 12. The van der Waals surface area contributed by atoms with Gasteiger partial charge in [-0.3, -0.25) is 4.79 Å². The molecule has 19 heteroatoms. The van der Waals surface area contributed by atoms with Crippen LogP contribution in [0.5, 0.6) is 0 Å². The minimum absolute atomic E-state index is 0.248. The monoisotopic (exact) mass is 1500 g/mol. The van der Waals surface area contributed by atoms with Crippen LogP contribution >= 0.6 is 0 Å². The van der Waals surface area contributed by atoms with Crippen molar-refractivity contribution in [2.45, 2.75) is 491 Å². The predicted octanol–water partition coefficient (Wildman–Crippen LogP) is 16.1. The van der Waals surface area contributed by atoms with Crippen molar-refractivity contribution in [3.8, 4) is 0 Å². The van der Waals surface area contributed by atoms with Gasteiger partial charge in [0.1, 0.15) is 73.2 Å². The fourth-order valence-corrected chi connectivity index (χ4v) is 15.2. The summed E-state index contributed by atoms with van der Waals surface area (Å²) in [6.07, 6.45) is 56.1. The van der Waals surface area contributed by atoms with Gasteiger partial charge in [0.25, 0.3) is 0 Å². The van der Waals surface area contributed by atoms with Crippen molar-refractivity contribution in [2.75, 3.05) is 26.4 Å². The number of nitrogens with one attached hydrogen (secondary N) is 1. The van der Waals surface area contributed by atoms with Crippen LogP contribution in [0.25, 0.3) is 0 Å². The summed E-state index contributed by atoms with van der Waals surface area (Å²) < 4.78 is 34.5. The van der Waals surface area contributed by atoms with Gasteiger partial charge in [-0.2, -0.15) is 0 Å². The second-order valence-corrected chi connectivity index (χ2v) is 31.7. The molecule has 0 aliphatic carbocycles. The molecule has 0 spiro atoms. The Morgan fingerprint density at radius 1 is 0.333 bits per heavy atom. The van der Waals surface area contributed by atoms with Crippen molar-refractivity contribution >= 4 is 5.91 Å². The molecule has 105 heavy (non-hydrogen) atoms. The van der Waals surface area contributed by atoms with E-state index in [1.807, 2.05) is 6.08 Å². The smallest absolute Gasteiger partial charge is 0.220 e. The van der Waals surface area contributed by atoms with E-state index in [-0.39, 0.29) is 18.9 Å². The second kappa shape index (κ2) is 66.8. The first kappa shape index (κ1) is 97.5. The Labute approximate surface area is 638 Å². The fraction of sp³-hybridized carbons (Fsp3) is 0.942. The number of carbonyl (C=O) groups is 1. The fourth-order valence-electron chi connectivity index (χ4n) is 15.2. The van der Waals surface area contributed by atoms with Gasteiger partial charge in [0.2, 0.25) is 5.91 Å². The number of ether oxygens (including phenoxy) is 6. The molecule has 1 amide bonds. The Morgan fingerprint density at radius 2 is 0.600 bits per heavy atom. The Kier molecular flexibility index (Phi) is 62.0. The molecule has 19 nitrogen and oxygen atoms in total. The topological polar surface area (TPSA) is 307 Å². The van der Waals surface area contributed by atoms with E-state index in [4.69, 9.17) is 28.4 Å². The predicted molar refractivity (Wildman–Crippen MR) is 420 cm³/mol. The van der Waals surface area contributed by atoms with Crippen LogP contribution in [0.1, 0.15) is 386 Å². The SMILES string of the molecule is CCCCCCCCCC/C=C\CCCCCCCCCCCCCCCCCC(=O)NC(COC1OC(CO)C(OC2OC(CO)C(OC3OC(CO)C(O)C(O)C3O)C(O)C2O)C(O)C1O)C(O)/C=C/CCCCCCCCCCCCCCCCCCCCCCCCCCCCCCCCC. The van der Waals surface area contributed by atoms with Crippen LogP contribution < -0.4 is 5.32 Å². The summed E-state index contributed by atoms with van der Waals surface area (Å²) in [6.45, 7) is 1.81. The minimum atomic E-state index is -1.98. The highest BCUT2D eigenvalue weighted by atomic mass is 16.8. The van der Waals surface area contributed by atoms with Gasteiger partial charge in [-0.05, 0) is 44.9 Å². The molecule has 0 aromatic rings. The lowest BCUT2D eigenvalue weighted by Crippen LogP contribution is -2.66. The number of amides is 1. The van der Waals surface area contributed by atoms with E-state index in [9.17, 15) is 61.0 Å². The molecule has 0 radical (unpaired) electrons. The van der Waals surface area contributed by atoms with Crippen molar-refractivity contribution in [2.24, 2.45) is 0 Å². The molecule has 0 saturated carbocycles. The van der Waals surface area contributed by atoms with Crippen LogP contribution in [-0.2, 0) is 33.2 Å². The van der Waals surface area contributed by atoms with Gasteiger partial charge in [0.05, 0.1) is 38.6 Å². The van der Waals surface area contributed by atoms with E-state index < -0.39 is 124 Å². The largest absolute Gasteiger partial charge is 0.394 e. The summed E-state index contributed by atoms with van der Waals surface area (Å²) in [4.78, 5) is 13.5. The van der Waals surface area contributed by atoms with E-state index >= 15 is 0 Å². The normalized spacial score (nSPS) is 25.8. The van der Waals surface area contributed by atoms with E-state index in [1.165, 1.54) is 315 Å². The molecule has 3 aliphatic heterocycles. The number of rotatable bonds is 72. The lowest BCUT2D eigenvalue weighted by Gasteiger charge is -2.48. The number of aliphatic hydroxyl groups excluding tert-OH is 11. The first-order valence-electron chi connectivity index (χ1n) is 44.1. The highest BCUT2D eigenvalue weighted by Crippen LogP contribution is 2.34. The standard InChI is InChI=1S/C86H163NO18/c1-3-5-7-9-11-13-15-17-19-21-23-25-27-29-31-32-33-34-35-36-38-39-41-43-45-47-49-51-53-55-57-59-61-63-70(91)69(87-74(92)64-62-60-58-56-54-52-50-48-46-44-42-40-37-30-28-26-24-22-20-18-16-14-12-10-8-6-4-2)68-100-84-80(98)77(95)82(72(66-89)102-84)105-86-81(99)78(96)83(73(67-90)103-86)104-85-79(97)76(94)75(93)71(65-88)101-85/h22,24,61,63,69-73,75-86,88-91,93-99H,3-21,23,25-60,62,64-68H2,1-2H3,(H,87,92)/b24-22-,63-61+. The Balaban J connectivity index is 1.34. The summed E-state index contributed by atoms with van der Waals surface area (Å²) in [7, 11) is 0. The first-order valence-corrected chi connectivity index (χ1v) is 44.1. The van der Waals surface area contributed by atoms with Crippen molar-refractivity contribution in [3.05, 3.63) is 24.3 Å². The number of aliphatic hydroxyl groups is 11. The summed E-state index contributed by atoms with van der Waals surface area (Å²) in [5, 5.41) is 121. The molecule has 3 heterocycles. The highest BCUT2D eigenvalue weighted by molar-refractivity contribution is 5.76. The summed E-state index contributed by atoms with van der Waals surface area (Å²) in [6, 6.07) is -0.973. The molecular formula is C86H163NO18. The van der Waals surface area contributed by atoms with Crippen LogP contribution in [0.3, 0.4) is 0 Å². The van der Waals surface area contributed by atoms with Crippen molar-refractivity contribution in [3.63, 3.8) is 0 Å². The first-order chi connectivity index (χ1) is 51.3. The summed E-state index contributed by atoms with van der Waals surface area (Å²) in [5.41, 5.74) is 0. The summed E-state index contributed by atoms with van der Waals surface area (Å²) >= 11 is 0. The maximum absolute atomic E-state index is 13.5. The molecule has 620 valence electrons. The van der Waals surface area contributed by atoms with Gasteiger partial charge in [-0.15, -0.1) is 0 Å². The highest BCUT2D eigenvalue weighted by Gasteiger charge is 2.54. The Morgan fingerprint density at radius 3 is 0.924 bits per heavy atom. The van der Waals surface area contributed by atoms with Gasteiger partial charge in [0.15, 0.2) is 18.9 Å². The maximum atomic E-state index is 13.5. The zero-order valence-corrected chi connectivity index (χ0v) is 66.7. The molecule has 3 saturated heterocycles. The van der Waals surface area contributed by atoms with Crippen LogP contribution in [-0.4, -0.2) is 193 Å². The third-order valence-corrected chi connectivity index (χ3v) is 22.2. The third-order valence-electron chi connectivity index (χ3n) is 22.2. The molecule has 0 aromatic carbocycles. The van der Waals surface area contributed by atoms with E-state index in [1.54, 1.807) is 6.08 Å². The summed E-state index contributed by atoms with van der Waals surface area (Å²) in [5.74, 6) is -0.268. The molecular weight excluding hydrogens is 1330 g/mol. The lowest BCUT2D eigenvalue weighted by atomic mass is 9.96. The van der Waals surface area contributed by atoms with Crippen molar-refractivity contribution in [1.29, 1.82) is 0 Å². The van der Waals surface area contributed by atoms with Crippen LogP contribution in [0.15, 0.2) is 24.3 Å². The van der Waals surface area contributed by atoms with E-state index in [2.05, 4.69) is 31.3 Å². The van der Waals surface area contributed by atoms with Gasteiger partial charge in [0, 0.05) is 6.42 Å². The average molecular weight is 1500 g/mol. The zero-order valence-electron chi connectivity index (χ0n) is 66.7. The lowest BCUT2D eigenvalue weighted by molar-refractivity contribution is -0.379. The molecule has 3 fully saturated rings. The average Bonchev–Trinajstić information content (AvgIpc) is 0.781. The number of unbranched alkanes of at least 4 members (excludes halogenated alkanes) is 54. The van der Waals surface area contributed by atoms with Crippen LogP contribution in [0.2, 0.25) is 0 Å². The zero-order chi connectivity index (χ0) is 76.0.